The van der Waals surface area contributed by atoms with E-state index in [9.17, 15) is 9.59 Å². The van der Waals surface area contributed by atoms with Crippen LogP contribution in [0.1, 0.15) is 62.2 Å². The van der Waals surface area contributed by atoms with Crippen molar-refractivity contribution in [1.29, 1.82) is 0 Å². The molecule has 4 aromatic rings. The number of para-hydroxylation sites is 1. The number of nitrogens with two attached hydrogens (primary N) is 1. The van der Waals surface area contributed by atoms with Crippen LogP contribution in [0.15, 0.2) is 42.5 Å². The van der Waals surface area contributed by atoms with Crippen LogP contribution in [0.3, 0.4) is 0 Å². The van der Waals surface area contributed by atoms with Gasteiger partial charge < -0.3 is 11.1 Å². The summed E-state index contributed by atoms with van der Waals surface area (Å²) in [4.78, 5) is 34.2. The largest absolute Gasteiger partial charge is 0.365 e. The van der Waals surface area contributed by atoms with Gasteiger partial charge in [-0.3, -0.25) is 9.59 Å². The average Bonchev–Trinajstić information content (AvgIpc) is 3.41. The Balaban J connectivity index is 1.54. The Labute approximate surface area is 207 Å². The van der Waals surface area contributed by atoms with Gasteiger partial charge in [0.1, 0.15) is 5.00 Å². The number of aromatic nitrogens is 1. The number of carbonyl (C=O) groups excluding carboxylic acids is 2. The highest BCUT2D eigenvalue weighted by atomic mass is 32.1. The Morgan fingerprint density at radius 1 is 1.18 bits per heavy atom. The topological polar surface area (TPSA) is 85.1 Å². The number of benzene rings is 1. The Morgan fingerprint density at radius 2 is 2.00 bits per heavy atom. The summed E-state index contributed by atoms with van der Waals surface area (Å²) in [5.74, 6) is -0.100. The summed E-state index contributed by atoms with van der Waals surface area (Å²) in [6.45, 7) is 4.26. The maximum absolute atomic E-state index is 13.6. The highest BCUT2D eigenvalue weighted by Crippen LogP contribution is 2.41. The number of thiophene rings is 2. The van der Waals surface area contributed by atoms with Crippen LogP contribution >= 0.6 is 22.7 Å². The molecule has 0 radical (unpaired) electrons. The fourth-order valence-electron chi connectivity index (χ4n) is 4.89. The summed E-state index contributed by atoms with van der Waals surface area (Å²) < 4.78 is 0. The molecule has 3 aromatic heterocycles. The van der Waals surface area contributed by atoms with Crippen molar-refractivity contribution in [3.8, 4) is 10.6 Å². The highest BCUT2D eigenvalue weighted by Gasteiger charge is 2.29. The van der Waals surface area contributed by atoms with Crippen LogP contribution < -0.4 is 11.1 Å². The zero-order valence-electron chi connectivity index (χ0n) is 19.3. The summed E-state index contributed by atoms with van der Waals surface area (Å²) in [7, 11) is 0. The number of primary amides is 1. The number of hydrogen-bond acceptors (Lipinski definition) is 5. The van der Waals surface area contributed by atoms with Gasteiger partial charge in [-0.05, 0) is 61.9 Å². The van der Waals surface area contributed by atoms with Crippen LogP contribution in [0.25, 0.3) is 21.5 Å². The molecule has 0 spiro atoms. The number of rotatable bonds is 6. The van der Waals surface area contributed by atoms with E-state index >= 15 is 0 Å². The van der Waals surface area contributed by atoms with E-state index in [1.54, 1.807) is 11.3 Å². The molecule has 1 aliphatic rings. The number of anilines is 1. The number of fused-ring (bicyclic) bond motifs is 2. The van der Waals surface area contributed by atoms with Crippen LogP contribution in [-0.2, 0) is 12.8 Å². The molecule has 1 aromatic carbocycles. The second kappa shape index (κ2) is 9.31. The van der Waals surface area contributed by atoms with Crippen molar-refractivity contribution < 1.29 is 9.59 Å². The summed E-state index contributed by atoms with van der Waals surface area (Å²) in [5.41, 5.74) is 9.37. The van der Waals surface area contributed by atoms with E-state index in [1.165, 1.54) is 27.5 Å². The molecule has 3 N–H and O–H groups in total. The normalized spacial score (nSPS) is 15.3. The van der Waals surface area contributed by atoms with Crippen molar-refractivity contribution in [2.45, 2.75) is 46.0 Å². The van der Waals surface area contributed by atoms with Crippen molar-refractivity contribution in [1.82, 2.24) is 4.98 Å². The second-order valence-electron chi connectivity index (χ2n) is 8.91. The van der Waals surface area contributed by atoms with Crippen molar-refractivity contribution in [3.63, 3.8) is 0 Å². The third-order valence-corrected chi connectivity index (χ3v) is 8.68. The Bertz CT molecular complexity index is 1400. The minimum Gasteiger partial charge on any atom is -0.365 e. The minimum atomic E-state index is -0.476. The molecule has 5 nitrogen and oxygen atoms in total. The van der Waals surface area contributed by atoms with Gasteiger partial charge in [0.25, 0.3) is 11.8 Å². The fraction of sp³-hybridized carbons (Fsp3) is 0.296. The fourth-order valence-corrected chi connectivity index (χ4v) is 7.08. The zero-order chi connectivity index (χ0) is 23.8. The molecule has 2 amide bonds. The summed E-state index contributed by atoms with van der Waals surface area (Å²) in [6.07, 6.45) is 5.18. The first-order chi connectivity index (χ1) is 16.4. The molecule has 0 saturated heterocycles. The van der Waals surface area contributed by atoms with E-state index < -0.39 is 5.91 Å². The quantitative estimate of drug-likeness (QED) is 0.320. The lowest BCUT2D eigenvalue weighted by atomic mass is 9.84. The maximum Gasteiger partial charge on any atom is 0.257 e. The molecule has 7 heteroatoms. The number of pyridine rings is 1. The van der Waals surface area contributed by atoms with E-state index in [2.05, 4.69) is 25.2 Å². The summed E-state index contributed by atoms with van der Waals surface area (Å²) in [5, 5.41) is 4.39. The first kappa shape index (κ1) is 22.7. The highest BCUT2D eigenvalue weighted by molar-refractivity contribution is 7.17. The standard InChI is InChI=1S/C27H27N3O2S2/c1-3-6-16-10-11-18-23(13-16)34-27(24(18)25(28)31)30-26(32)19-14-21(22-12-9-15(2)33-22)29-20-8-5-4-7-17(19)20/h4-5,7-9,12,14,16H,3,6,10-11,13H2,1-2H3,(H2,28,31)(H,30,32)/t16-/m0/s1. The Morgan fingerprint density at radius 3 is 2.74 bits per heavy atom. The second-order valence-corrected chi connectivity index (χ2v) is 11.3. The first-order valence-corrected chi connectivity index (χ1v) is 13.3. The zero-order valence-corrected chi connectivity index (χ0v) is 20.9. The van der Waals surface area contributed by atoms with Gasteiger partial charge in [0.15, 0.2) is 0 Å². The van der Waals surface area contributed by atoms with Gasteiger partial charge in [-0.25, -0.2) is 4.98 Å². The number of carbonyl (C=O) groups is 2. The first-order valence-electron chi connectivity index (χ1n) is 11.7. The monoisotopic (exact) mass is 489 g/mol. The lowest BCUT2D eigenvalue weighted by Crippen LogP contribution is -2.20. The van der Waals surface area contributed by atoms with Gasteiger partial charge >= 0.3 is 0 Å². The summed E-state index contributed by atoms with van der Waals surface area (Å²) in [6, 6.07) is 13.6. The van der Waals surface area contributed by atoms with Gasteiger partial charge in [-0.15, -0.1) is 22.7 Å². The van der Waals surface area contributed by atoms with Crippen molar-refractivity contribution in [2.24, 2.45) is 11.7 Å². The van der Waals surface area contributed by atoms with E-state index in [1.807, 2.05) is 36.4 Å². The van der Waals surface area contributed by atoms with Crippen LogP contribution in [0.5, 0.6) is 0 Å². The Hall–Kier alpha value is -3.03. The predicted molar refractivity (Wildman–Crippen MR) is 141 cm³/mol. The lowest BCUT2D eigenvalue weighted by Gasteiger charge is -2.21. The molecule has 1 atom stereocenters. The maximum atomic E-state index is 13.6. The third-order valence-electron chi connectivity index (χ3n) is 6.49. The van der Waals surface area contributed by atoms with Gasteiger partial charge in [0, 0.05) is 15.1 Å². The molecule has 5 rings (SSSR count). The van der Waals surface area contributed by atoms with Gasteiger partial charge in [-0.2, -0.15) is 0 Å². The minimum absolute atomic E-state index is 0.251. The molecule has 3 heterocycles. The van der Waals surface area contributed by atoms with E-state index in [4.69, 9.17) is 10.7 Å². The lowest BCUT2D eigenvalue weighted by molar-refractivity contribution is 0.1000. The molecule has 174 valence electrons. The van der Waals surface area contributed by atoms with Crippen LogP contribution in [0.2, 0.25) is 0 Å². The van der Waals surface area contributed by atoms with E-state index in [0.717, 1.165) is 52.7 Å². The van der Waals surface area contributed by atoms with Crippen LogP contribution in [0.4, 0.5) is 5.00 Å². The number of nitrogens with zero attached hydrogens (tertiary/aromatic N) is 1. The van der Waals surface area contributed by atoms with Crippen molar-refractivity contribution in [2.75, 3.05) is 5.32 Å². The van der Waals surface area contributed by atoms with E-state index in [-0.39, 0.29) is 5.91 Å². The molecule has 0 bridgehead atoms. The molecule has 0 saturated carbocycles. The Kier molecular flexibility index (Phi) is 6.23. The average molecular weight is 490 g/mol. The smallest absolute Gasteiger partial charge is 0.257 e. The van der Waals surface area contributed by atoms with Gasteiger partial charge in [0.2, 0.25) is 0 Å². The number of nitrogens with one attached hydrogen (secondary N) is 1. The van der Waals surface area contributed by atoms with Gasteiger partial charge in [0.05, 0.1) is 27.2 Å². The van der Waals surface area contributed by atoms with Gasteiger partial charge in [-0.1, -0.05) is 38.0 Å². The van der Waals surface area contributed by atoms with Crippen LogP contribution in [-0.4, -0.2) is 16.8 Å². The van der Waals surface area contributed by atoms with Crippen molar-refractivity contribution in [3.05, 3.63) is 68.9 Å². The van der Waals surface area contributed by atoms with Crippen LogP contribution in [0, 0.1) is 12.8 Å². The molecular formula is C27H27N3O2S2. The SMILES string of the molecule is CCC[C@H]1CCc2c(sc(NC(=O)c3cc(-c4ccc(C)s4)nc4ccccc34)c2C(N)=O)C1. The number of hydrogen-bond donors (Lipinski definition) is 2. The molecule has 1 aliphatic carbocycles. The molecule has 0 aliphatic heterocycles. The third kappa shape index (κ3) is 4.26. The summed E-state index contributed by atoms with van der Waals surface area (Å²) >= 11 is 3.15. The molecule has 0 fully saturated rings. The molecular weight excluding hydrogens is 462 g/mol. The molecule has 0 unspecified atom stereocenters. The van der Waals surface area contributed by atoms with Crippen molar-refractivity contribution >= 4 is 50.4 Å². The molecule has 34 heavy (non-hydrogen) atoms. The van der Waals surface area contributed by atoms with E-state index in [0.29, 0.717) is 22.0 Å². The number of amides is 2. The number of aryl methyl sites for hydroxylation is 1. The predicted octanol–water partition coefficient (Wildman–Crippen LogP) is 6.59.